The lowest BCUT2D eigenvalue weighted by Gasteiger charge is -2.42. The highest BCUT2D eigenvalue weighted by Crippen LogP contribution is 2.26. The van der Waals surface area contributed by atoms with Gasteiger partial charge in [-0.1, -0.05) is 13.3 Å². The van der Waals surface area contributed by atoms with Gasteiger partial charge in [0.25, 0.3) is 0 Å². The van der Waals surface area contributed by atoms with E-state index in [0.29, 0.717) is 13.2 Å². The summed E-state index contributed by atoms with van der Waals surface area (Å²) in [5.74, 6) is 0. The van der Waals surface area contributed by atoms with Crippen LogP contribution in [0.4, 0.5) is 0 Å². The summed E-state index contributed by atoms with van der Waals surface area (Å²) in [5.41, 5.74) is 6.75. The van der Waals surface area contributed by atoms with E-state index >= 15 is 0 Å². The van der Waals surface area contributed by atoms with Gasteiger partial charge >= 0.3 is 0 Å². The molecule has 0 saturated carbocycles. The van der Waals surface area contributed by atoms with Crippen molar-refractivity contribution in [2.24, 2.45) is 5.73 Å². The molecular weight excluding hydrogens is 378 g/mol. The minimum Gasteiger partial charge on any atom is -0.454 e. The average molecular weight is 424 g/mol. The highest BCUT2D eigenvalue weighted by molar-refractivity contribution is 6.86. The van der Waals surface area contributed by atoms with Crippen molar-refractivity contribution in [2.45, 2.75) is 89.8 Å². The summed E-state index contributed by atoms with van der Waals surface area (Å²) in [4.78, 5) is 0. The van der Waals surface area contributed by atoms with E-state index in [1.54, 1.807) is 7.11 Å². The first-order chi connectivity index (χ1) is 11.9. The predicted octanol–water partition coefficient (Wildman–Crippen LogP) is 4.28. The zero-order valence-corrected chi connectivity index (χ0v) is 21.8. The van der Waals surface area contributed by atoms with Gasteiger partial charge in [-0.3, -0.25) is 0 Å². The van der Waals surface area contributed by atoms with Crippen molar-refractivity contribution in [3.05, 3.63) is 0 Å². The summed E-state index contributed by atoms with van der Waals surface area (Å²) in [6.45, 7) is 20.2. The predicted molar refractivity (Wildman–Crippen MR) is 119 cm³/mol. The molecular formula is C18H45NO4Si3. The van der Waals surface area contributed by atoms with Crippen molar-refractivity contribution in [1.82, 2.24) is 0 Å². The topological polar surface area (TPSA) is 62.9 Å². The van der Waals surface area contributed by atoms with Crippen LogP contribution in [0.3, 0.4) is 0 Å². The Hall–Kier alpha value is 0.451. The average Bonchev–Trinajstić information content (AvgIpc) is 2.49. The maximum absolute atomic E-state index is 6.75. The molecule has 8 heteroatoms. The quantitative estimate of drug-likeness (QED) is 0.314. The molecule has 0 heterocycles. The maximum Gasteiger partial charge on any atom is 0.203 e. The molecule has 0 amide bonds. The van der Waals surface area contributed by atoms with Crippen LogP contribution in [0, 0.1) is 0 Å². The Morgan fingerprint density at radius 3 is 2.08 bits per heavy atom. The Labute approximate surface area is 165 Å². The summed E-state index contributed by atoms with van der Waals surface area (Å²) in [5, 5.41) is 0. The molecule has 0 spiro atoms. The Bertz CT molecular complexity index is 381. The van der Waals surface area contributed by atoms with Gasteiger partial charge < -0.3 is 23.7 Å². The number of methoxy groups -OCH3 is 1. The van der Waals surface area contributed by atoms with E-state index in [4.69, 9.17) is 23.7 Å². The summed E-state index contributed by atoms with van der Waals surface area (Å²) in [7, 11) is -3.88. The van der Waals surface area contributed by atoms with Gasteiger partial charge in [-0.25, -0.2) is 0 Å². The van der Waals surface area contributed by atoms with Crippen LogP contribution >= 0.6 is 0 Å². The molecule has 0 fully saturated rings. The van der Waals surface area contributed by atoms with Crippen LogP contribution in [-0.4, -0.2) is 63.3 Å². The Morgan fingerprint density at radius 2 is 1.54 bits per heavy atom. The van der Waals surface area contributed by atoms with E-state index in [2.05, 4.69) is 53.1 Å². The number of ether oxygens (including phenoxy) is 2. The van der Waals surface area contributed by atoms with Gasteiger partial charge in [-0.15, -0.1) is 0 Å². The second kappa shape index (κ2) is 12.1. The van der Waals surface area contributed by atoms with Gasteiger partial charge in [0.2, 0.25) is 16.6 Å². The fourth-order valence-corrected chi connectivity index (χ4v) is 14.9. The number of rotatable bonds is 15. The first-order valence-corrected chi connectivity index (χ1v) is 19.2. The van der Waals surface area contributed by atoms with Gasteiger partial charge in [0, 0.05) is 19.4 Å². The van der Waals surface area contributed by atoms with E-state index in [1.807, 2.05) is 0 Å². The molecule has 5 nitrogen and oxygen atoms in total. The molecule has 0 aliphatic carbocycles. The van der Waals surface area contributed by atoms with Crippen LogP contribution in [0.5, 0.6) is 0 Å². The van der Waals surface area contributed by atoms with Crippen LogP contribution in [0.25, 0.3) is 0 Å². The lowest BCUT2D eigenvalue weighted by atomic mass is 10.3. The van der Waals surface area contributed by atoms with Crippen molar-refractivity contribution >= 4 is 25.0 Å². The smallest absolute Gasteiger partial charge is 0.203 e. The molecule has 0 aliphatic rings. The van der Waals surface area contributed by atoms with Gasteiger partial charge in [-0.05, 0) is 65.1 Å². The van der Waals surface area contributed by atoms with Crippen LogP contribution < -0.4 is 5.73 Å². The lowest BCUT2D eigenvalue weighted by molar-refractivity contribution is 0.0707. The van der Waals surface area contributed by atoms with Crippen LogP contribution in [0.1, 0.15) is 33.1 Å². The third kappa shape index (κ3) is 10.7. The first kappa shape index (κ1) is 26.5. The summed E-state index contributed by atoms with van der Waals surface area (Å²) in [6.07, 6.45) is 3.20. The molecule has 0 aromatic carbocycles. The molecule has 0 aromatic heterocycles. The second-order valence-electron chi connectivity index (χ2n) is 8.93. The third-order valence-corrected chi connectivity index (χ3v) is 16.2. The molecule has 0 radical (unpaired) electrons. The van der Waals surface area contributed by atoms with Crippen molar-refractivity contribution in [3.63, 3.8) is 0 Å². The fraction of sp³-hybridized carbons (Fsp3) is 1.00. The van der Waals surface area contributed by atoms with E-state index in [-0.39, 0.29) is 11.4 Å². The fourth-order valence-electron chi connectivity index (χ4n) is 3.03. The SMILES string of the molecule is CCCC(N)[Si](C)(C)OC(C)[Si](C)(C)O[Si](C)(C)CCCOCCOC. The molecule has 0 aromatic rings. The highest BCUT2D eigenvalue weighted by Gasteiger charge is 2.42. The minimum atomic E-state index is -1.94. The lowest BCUT2D eigenvalue weighted by Crippen LogP contribution is -2.59. The molecule has 0 bridgehead atoms. The Balaban J connectivity index is 4.53. The second-order valence-corrected chi connectivity index (χ2v) is 22.0. The Morgan fingerprint density at radius 1 is 0.923 bits per heavy atom. The Kier molecular flexibility index (Phi) is 12.3. The van der Waals surface area contributed by atoms with Crippen LogP contribution in [-0.2, 0) is 18.0 Å². The molecule has 26 heavy (non-hydrogen) atoms. The van der Waals surface area contributed by atoms with Crippen LogP contribution in [0.15, 0.2) is 0 Å². The summed E-state index contributed by atoms with van der Waals surface area (Å²) >= 11 is 0. The molecule has 0 rings (SSSR count). The van der Waals surface area contributed by atoms with Gasteiger partial charge in [0.15, 0.2) is 8.32 Å². The number of hydrogen-bond donors (Lipinski definition) is 1. The maximum atomic E-state index is 6.75. The molecule has 2 unspecified atom stereocenters. The van der Waals surface area contributed by atoms with Gasteiger partial charge in [0.1, 0.15) is 0 Å². The normalized spacial score (nSPS) is 15.9. The first-order valence-electron chi connectivity index (χ1n) is 10.1. The van der Waals surface area contributed by atoms with Crippen molar-refractivity contribution < 1.29 is 18.0 Å². The molecule has 2 atom stereocenters. The zero-order valence-electron chi connectivity index (χ0n) is 18.8. The number of hydrogen-bond acceptors (Lipinski definition) is 5. The molecule has 158 valence electrons. The third-order valence-electron chi connectivity index (χ3n) is 4.99. The highest BCUT2D eigenvalue weighted by atomic mass is 28.4. The van der Waals surface area contributed by atoms with Crippen molar-refractivity contribution in [2.75, 3.05) is 26.9 Å². The van der Waals surface area contributed by atoms with E-state index < -0.39 is 25.0 Å². The van der Waals surface area contributed by atoms with E-state index in [9.17, 15) is 0 Å². The zero-order chi connectivity index (χ0) is 20.4. The van der Waals surface area contributed by atoms with Gasteiger partial charge in [-0.2, -0.15) is 0 Å². The van der Waals surface area contributed by atoms with Crippen LogP contribution in [0.2, 0.25) is 45.3 Å². The summed E-state index contributed by atoms with van der Waals surface area (Å²) < 4.78 is 23.9. The monoisotopic (exact) mass is 423 g/mol. The summed E-state index contributed by atoms with van der Waals surface area (Å²) in [6, 6.07) is 1.11. The minimum absolute atomic E-state index is 0.164. The van der Waals surface area contributed by atoms with Gasteiger partial charge in [0.05, 0.1) is 18.9 Å². The van der Waals surface area contributed by atoms with E-state index in [1.165, 1.54) is 0 Å². The van der Waals surface area contributed by atoms with E-state index in [0.717, 1.165) is 31.9 Å². The molecule has 2 N–H and O–H groups in total. The number of nitrogens with two attached hydrogens (primary N) is 1. The largest absolute Gasteiger partial charge is 0.454 e. The molecule has 0 aliphatic heterocycles. The van der Waals surface area contributed by atoms with Crippen molar-refractivity contribution in [3.8, 4) is 0 Å². The molecule has 0 saturated heterocycles. The standard InChI is InChI=1S/C18H45NO4Si3/c1-10-12-18(19)26(8,9)22-17(2)25(6,7)23-24(4,5)16-11-13-21-15-14-20-3/h17-18H,10-16,19H2,1-9H3. The van der Waals surface area contributed by atoms with Crippen molar-refractivity contribution in [1.29, 1.82) is 0 Å².